The van der Waals surface area contributed by atoms with Gasteiger partial charge in [0.1, 0.15) is 6.04 Å². The summed E-state index contributed by atoms with van der Waals surface area (Å²) >= 11 is 0. The first kappa shape index (κ1) is 16.8. The third-order valence-electron chi connectivity index (χ3n) is 3.87. The number of hydrogen-bond donors (Lipinski definition) is 2. The van der Waals surface area contributed by atoms with Crippen molar-refractivity contribution < 1.29 is 14.3 Å². The van der Waals surface area contributed by atoms with Crippen molar-refractivity contribution in [3.8, 4) is 0 Å². The molecule has 2 rings (SSSR count). The lowest BCUT2D eigenvalue weighted by molar-refractivity contribution is -0.118. The van der Waals surface area contributed by atoms with Crippen molar-refractivity contribution in [1.82, 2.24) is 0 Å². The first-order valence-electron chi connectivity index (χ1n) is 8.03. The van der Waals surface area contributed by atoms with E-state index in [4.69, 9.17) is 15.2 Å². The second kappa shape index (κ2) is 8.76. The van der Waals surface area contributed by atoms with E-state index in [1.807, 2.05) is 31.2 Å². The number of nitrogens with one attached hydrogen (secondary N) is 1. The Morgan fingerprint density at radius 2 is 2.36 bits per heavy atom. The quantitative estimate of drug-likeness (QED) is 0.773. The minimum Gasteiger partial charge on any atom is -0.376 e. The molecule has 0 aromatic heterocycles. The molecule has 5 heteroatoms. The van der Waals surface area contributed by atoms with Gasteiger partial charge in [0, 0.05) is 12.3 Å². The molecule has 1 aromatic carbocycles. The van der Waals surface area contributed by atoms with Crippen LogP contribution in [0.2, 0.25) is 0 Å². The number of ether oxygens (including phenoxy) is 2. The van der Waals surface area contributed by atoms with Crippen molar-refractivity contribution in [3.63, 3.8) is 0 Å². The van der Waals surface area contributed by atoms with E-state index in [1.54, 1.807) is 0 Å². The zero-order chi connectivity index (χ0) is 15.8. The fraction of sp³-hybridized carbons (Fsp3) is 0.588. The molecule has 0 aliphatic carbocycles. The van der Waals surface area contributed by atoms with E-state index in [9.17, 15) is 4.79 Å². The first-order valence-corrected chi connectivity index (χ1v) is 8.03. The predicted molar refractivity (Wildman–Crippen MR) is 86.6 cm³/mol. The fourth-order valence-corrected chi connectivity index (χ4v) is 2.57. The van der Waals surface area contributed by atoms with Crippen LogP contribution in [0.5, 0.6) is 0 Å². The first-order chi connectivity index (χ1) is 10.7. The monoisotopic (exact) mass is 306 g/mol. The smallest absolute Gasteiger partial charge is 0.239 e. The highest BCUT2D eigenvalue weighted by atomic mass is 16.5. The summed E-state index contributed by atoms with van der Waals surface area (Å²) in [6, 6.07) is 7.54. The third kappa shape index (κ3) is 5.31. The van der Waals surface area contributed by atoms with E-state index in [1.165, 1.54) is 6.42 Å². The lowest BCUT2D eigenvalue weighted by Crippen LogP contribution is -2.34. The Morgan fingerprint density at radius 3 is 3.05 bits per heavy atom. The lowest BCUT2D eigenvalue weighted by Gasteiger charge is -2.22. The van der Waals surface area contributed by atoms with E-state index in [0.29, 0.717) is 19.6 Å². The number of nitrogens with two attached hydrogens (primary N) is 1. The highest BCUT2D eigenvalue weighted by Gasteiger charge is 2.14. The highest BCUT2D eigenvalue weighted by Crippen LogP contribution is 2.16. The molecule has 0 spiro atoms. The zero-order valence-corrected chi connectivity index (χ0v) is 13.2. The van der Waals surface area contributed by atoms with Crippen molar-refractivity contribution in [2.24, 2.45) is 5.73 Å². The van der Waals surface area contributed by atoms with E-state index >= 15 is 0 Å². The molecule has 1 heterocycles. The lowest BCUT2D eigenvalue weighted by atomic mass is 10.1. The summed E-state index contributed by atoms with van der Waals surface area (Å²) in [4.78, 5) is 11.3. The maximum Gasteiger partial charge on any atom is 0.239 e. The number of benzene rings is 1. The number of primary amides is 1. The molecule has 1 fully saturated rings. The molecule has 1 saturated heterocycles. The Hall–Kier alpha value is -1.59. The number of hydrogen-bond acceptors (Lipinski definition) is 4. The van der Waals surface area contributed by atoms with Crippen LogP contribution in [0.1, 0.15) is 38.2 Å². The predicted octanol–water partition coefficient (Wildman–Crippen LogP) is 2.45. The summed E-state index contributed by atoms with van der Waals surface area (Å²) in [6.07, 6.45) is 4.35. The molecule has 1 amide bonds. The molecule has 22 heavy (non-hydrogen) atoms. The average Bonchev–Trinajstić information content (AvgIpc) is 2.54. The second-order valence-corrected chi connectivity index (χ2v) is 5.71. The van der Waals surface area contributed by atoms with E-state index in [-0.39, 0.29) is 18.1 Å². The van der Waals surface area contributed by atoms with Gasteiger partial charge >= 0.3 is 0 Å². The summed E-state index contributed by atoms with van der Waals surface area (Å²) in [7, 11) is 0. The molecule has 1 aliphatic rings. The molecule has 1 aromatic rings. The van der Waals surface area contributed by atoms with Crippen molar-refractivity contribution in [1.29, 1.82) is 0 Å². The van der Waals surface area contributed by atoms with Gasteiger partial charge in [0.2, 0.25) is 5.91 Å². The molecule has 2 atom stereocenters. The van der Waals surface area contributed by atoms with Crippen molar-refractivity contribution in [3.05, 3.63) is 29.8 Å². The van der Waals surface area contributed by atoms with E-state index in [0.717, 1.165) is 30.7 Å². The maximum atomic E-state index is 11.3. The van der Waals surface area contributed by atoms with Crippen LogP contribution in [0.15, 0.2) is 24.3 Å². The number of amides is 1. The SMILES string of the molecule is CCC(Nc1cccc(COCC2CCCCO2)c1)C(N)=O. The van der Waals surface area contributed by atoms with Gasteiger partial charge < -0.3 is 20.5 Å². The van der Waals surface area contributed by atoms with E-state index < -0.39 is 0 Å². The average molecular weight is 306 g/mol. The van der Waals surface area contributed by atoms with Gasteiger partial charge in [-0.2, -0.15) is 0 Å². The van der Waals surface area contributed by atoms with Crippen LogP contribution in [-0.4, -0.2) is 31.3 Å². The normalized spacial score (nSPS) is 19.6. The molecular formula is C17H26N2O3. The minimum absolute atomic E-state index is 0.231. The summed E-state index contributed by atoms with van der Waals surface area (Å²) in [5.74, 6) is -0.335. The Morgan fingerprint density at radius 1 is 1.50 bits per heavy atom. The Kier molecular flexibility index (Phi) is 6.68. The Labute approximate surface area is 132 Å². The number of anilines is 1. The van der Waals surface area contributed by atoms with Gasteiger partial charge in [-0.3, -0.25) is 4.79 Å². The van der Waals surface area contributed by atoms with Gasteiger partial charge in [-0.25, -0.2) is 0 Å². The van der Waals surface area contributed by atoms with Crippen molar-refractivity contribution >= 4 is 11.6 Å². The Bertz CT molecular complexity index is 473. The zero-order valence-electron chi connectivity index (χ0n) is 13.2. The summed E-state index contributed by atoms with van der Waals surface area (Å²) in [6.45, 7) is 3.96. The van der Waals surface area contributed by atoms with Crippen LogP contribution in [0.3, 0.4) is 0 Å². The number of carbonyl (C=O) groups is 1. The van der Waals surface area contributed by atoms with Crippen LogP contribution in [0.25, 0.3) is 0 Å². The maximum absolute atomic E-state index is 11.3. The van der Waals surface area contributed by atoms with Crippen LogP contribution < -0.4 is 11.1 Å². The van der Waals surface area contributed by atoms with Gasteiger partial charge in [-0.05, 0) is 43.4 Å². The standard InChI is InChI=1S/C17H26N2O3/c1-2-16(17(18)20)19-14-7-5-6-13(10-14)11-21-12-15-8-3-4-9-22-15/h5-7,10,15-16,19H,2-4,8-9,11-12H2,1H3,(H2,18,20). The van der Waals surface area contributed by atoms with Gasteiger partial charge in [0.15, 0.2) is 0 Å². The molecule has 3 N–H and O–H groups in total. The molecule has 5 nitrogen and oxygen atoms in total. The van der Waals surface area contributed by atoms with E-state index in [2.05, 4.69) is 5.32 Å². The van der Waals surface area contributed by atoms with Gasteiger partial charge in [-0.1, -0.05) is 19.1 Å². The summed E-state index contributed by atoms with van der Waals surface area (Å²) in [5, 5.41) is 3.15. The van der Waals surface area contributed by atoms with Crippen LogP contribution in [0.4, 0.5) is 5.69 Å². The summed E-state index contributed by atoms with van der Waals surface area (Å²) < 4.78 is 11.4. The molecule has 1 aliphatic heterocycles. The minimum atomic E-state index is -0.341. The Balaban J connectivity index is 1.81. The molecule has 0 bridgehead atoms. The van der Waals surface area contributed by atoms with Gasteiger partial charge in [0.25, 0.3) is 0 Å². The van der Waals surface area contributed by atoms with Crippen LogP contribution in [-0.2, 0) is 20.9 Å². The fourth-order valence-electron chi connectivity index (χ4n) is 2.57. The summed E-state index contributed by atoms with van der Waals surface area (Å²) in [5.41, 5.74) is 7.31. The molecule has 2 unspecified atom stereocenters. The number of rotatable bonds is 8. The van der Waals surface area contributed by atoms with Gasteiger partial charge in [-0.15, -0.1) is 0 Å². The third-order valence-corrected chi connectivity index (χ3v) is 3.87. The highest BCUT2D eigenvalue weighted by molar-refractivity contribution is 5.82. The molecule has 0 radical (unpaired) electrons. The molecular weight excluding hydrogens is 280 g/mol. The van der Waals surface area contributed by atoms with Crippen LogP contribution in [0, 0.1) is 0 Å². The van der Waals surface area contributed by atoms with Crippen molar-refractivity contribution in [2.75, 3.05) is 18.5 Å². The largest absolute Gasteiger partial charge is 0.376 e. The van der Waals surface area contributed by atoms with Crippen molar-refractivity contribution in [2.45, 2.75) is 51.4 Å². The second-order valence-electron chi connectivity index (χ2n) is 5.71. The van der Waals surface area contributed by atoms with Gasteiger partial charge in [0.05, 0.1) is 19.3 Å². The molecule has 0 saturated carbocycles. The topological polar surface area (TPSA) is 73.6 Å². The number of carbonyl (C=O) groups excluding carboxylic acids is 1. The van der Waals surface area contributed by atoms with Crippen LogP contribution >= 0.6 is 0 Å². The molecule has 122 valence electrons.